The zero-order valence-electron chi connectivity index (χ0n) is 13.5. The number of nitrogens with zero attached hydrogens (tertiary/aromatic N) is 3. The monoisotopic (exact) mass is 325 g/mol. The number of rotatable bonds is 4. The van der Waals surface area contributed by atoms with Crippen molar-refractivity contribution < 1.29 is 8.81 Å². The van der Waals surface area contributed by atoms with Crippen molar-refractivity contribution in [3.63, 3.8) is 0 Å². The fourth-order valence-corrected chi connectivity index (χ4v) is 3.30. The number of pyridine rings is 1. The largest absolute Gasteiger partial charge is 0.436 e. The van der Waals surface area contributed by atoms with Crippen LogP contribution < -0.4 is 4.90 Å². The van der Waals surface area contributed by atoms with Crippen LogP contribution in [0.1, 0.15) is 19.3 Å². The zero-order chi connectivity index (χ0) is 16.4. The lowest BCUT2D eigenvalue weighted by Crippen LogP contribution is -2.34. The Labute approximate surface area is 140 Å². The highest BCUT2D eigenvalue weighted by molar-refractivity contribution is 5.75. The lowest BCUT2D eigenvalue weighted by molar-refractivity contribution is 0.332. The van der Waals surface area contributed by atoms with Gasteiger partial charge in [0, 0.05) is 19.3 Å². The number of fused-ring (bicyclic) bond motifs is 1. The van der Waals surface area contributed by atoms with Crippen molar-refractivity contribution in [3.05, 3.63) is 42.6 Å². The lowest BCUT2D eigenvalue weighted by Gasteiger charge is -2.32. The van der Waals surface area contributed by atoms with Crippen LogP contribution in [0.15, 0.2) is 47.0 Å². The maximum atomic E-state index is 12.4. The van der Waals surface area contributed by atoms with Gasteiger partial charge in [0.15, 0.2) is 5.58 Å². The molecule has 5 heteroatoms. The van der Waals surface area contributed by atoms with E-state index < -0.39 is 0 Å². The van der Waals surface area contributed by atoms with E-state index in [1.807, 2.05) is 42.6 Å². The molecule has 3 heterocycles. The van der Waals surface area contributed by atoms with E-state index >= 15 is 0 Å². The number of aromatic nitrogens is 2. The molecule has 0 saturated carbocycles. The van der Waals surface area contributed by atoms with Crippen LogP contribution in [0.3, 0.4) is 0 Å². The quantitative estimate of drug-likeness (QED) is 0.710. The normalized spacial score (nSPS) is 16.0. The fraction of sp³-hybridized carbons (Fsp3) is 0.368. The van der Waals surface area contributed by atoms with Gasteiger partial charge in [-0.05, 0) is 49.4 Å². The van der Waals surface area contributed by atoms with Crippen molar-refractivity contribution in [1.82, 2.24) is 9.97 Å². The molecule has 0 radical (unpaired) electrons. The third kappa shape index (κ3) is 2.98. The second kappa shape index (κ2) is 6.59. The van der Waals surface area contributed by atoms with Gasteiger partial charge in [0.2, 0.25) is 5.89 Å². The molecule has 1 saturated heterocycles. The van der Waals surface area contributed by atoms with Crippen molar-refractivity contribution in [2.45, 2.75) is 19.3 Å². The Balaban J connectivity index is 1.49. The van der Waals surface area contributed by atoms with Gasteiger partial charge in [0.05, 0.1) is 12.2 Å². The highest BCUT2D eigenvalue weighted by Crippen LogP contribution is 2.27. The molecule has 4 rings (SSSR count). The second-order valence-corrected chi connectivity index (χ2v) is 6.30. The van der Waals surface area contributed by atoms with Crippen LogP contribution in [-0.4, -0.2) is 29.7 Å². The first kappa shape index (κ1) is 15.1. The van der Waals surface area contributed by atoms with E-state index in [0.29, 0.717) is 18.2 Å². The molecule has 1 aliphatic rings. The molecule has 0 aliphatic carbocycles. The highest BCUT2D eigenvalue weighted by Gasteiger charge is 2.20. The predicted molar refractivity (Wildman–Crippen MR) is 92.8 cm³/mol. The standard InChI is InChI=1S/C19H20FN3O/c20-10-7-14-8-11-23(12-9-14)18-6-5-15(13-21-18)19-22-16-3-1-2-4-17(16)24-19/h1-6,13-14H,7-12H2. The van der Waals surface area contributed by atoms with Crippen LogP contribution in [-0.2, 0) is 0 Å². The Hall–Kier alpha value is -2.43. The summed E-state index contributed by atoms with van der Waals surface area (Å²) in [6, 6.07) is 11.7. The molecule has 4 nitrogen and oxygen atoms in total. The van der Waals surface area contributed by atoms with Crippen molar-refractivity contribution >= 4 is 16.9 Å². The molecule has 0 bridgehead atoms. The van der Waals surface area contributed by atoms with Crippen LogP contribution in [0, 0.1) is 5.92 Å². The fourth-order valence-electron chi connectivity index (χ4n) is 3.30. The topological polar surface area (TPSA) is 42.2 Å². The summed E-state index contributed by atoms with van der Waals surface area (Å²) in [6.07, 6.45) is 4.59. The van der Waals surface area contributed by atoms with Crippen molar-refractivity contribution in [1.29, 1.82) is 0 Å². The number of oxazole rings is 1. The number of para-hydroxylation sites is 2. The lowest BCUT2D eigenvalue weighted by atomic mass is 9.94. The molecule has 1 aliphatic heterocycles. The van der Waals surface area contributed by atoms with Crippen LogP contribution in [0.5, 0.6) is 0 Å². The Morgan fingerprint density at radius 1 is 1.12 bits per heavy atom. The van der Waals surface area contributed by atoms with E-state index in [0.717, 1.165) is 48.4 Å². The third-order valence-electron chi connectivity index (χ3n) is 4.74. The molecule has 0 amide bonds. The number of piperidine rings is 1. The summed E-state index contributed by atoms with van der Waals surface area (Å²) in [7, 11) is 0. The minimum Gasteiger partial charge on any atom is -0.436 e. The molecule has 3 aromatic rings. The second-order valence-electron chi connectivity index (χ2n) is 6.30. The molecule has 0 unspecified atom stereocenters. The number of hydrogen-bond acceptors (Lipinski definition) is 4. The van der Waals surface area contributed by atoms with Gasteiger partial charge in [-0.3, -0.25) is 4.39 Å². The number of benzene rings is 1. The first-order chi connectivity index (χ1) is 11.8. The summed E-state index contributed by atoms with van der Waals surface area (Å²) in [5, 5.41) is 0. The van der Waals surface area contributed by atoms with Gasteiger partial charge in [-0.2, -0.15) is 0 Å². The van der Waals surface area contributed by atoms with Gasteiger partial charge in [-0.1, -0.05) is 12.1 Å². The Kier molecular flexibility index (Phi) is 4.15. The Morgan fingerprint density at radius 2 is 1.96 bits per heavy atom. The number of alkyl halides is 1. The number of halogens is 1. The van der Waals surface area contributed by atoms with E-state index in [1.165, 1.54) is 0 Å². The van der Waals surface area contributed by atoms with Gasteiger partial charge in [-0.25, -0.2) is 9.97 Å². The van der Waals surface area contributed by atoms with Gasteiger partial charge in [0.25, 0.3) is 0 Å². The SMILES string of the molecule is FCCC1CCN(c2ccc(-c3nc4ccccc4o3)cn2)CC1. The maximum absolute atomic E-state index is 12.4. The minimum atomic E-state index is -0.206. The average molecular weight is 325 g/mol. The van der Waals surface area contributed by atoms with Crippen LogP contribution in [0.2, 0.25) is 0 Å². The van der Waals surface area contributed by atoms with Crippen molar-refractivity contribution in [2.75, 3.05) is 24.7 Å². The average Bonchev–Trinajstić information content (AvgIpc) is 3.07. The summed E-state index contributed by atoms with van der Waals surface area (Å²) in [4.78, 5) is 11.3. The van der Waals surface area contributed by atoms with Crippen LogP contribution in [0.25, 0.3) is 22.6 Å². The third-order valence-corrected chi connectivity index (χ3v) is 4.74. The molecule has 0 spiro atoms. The maximum Gasteiger partial charge on any atom is 0.228 e. The van der Waals surface area contributed by atoms with Crippen LogP contribution in [0.4, 0.5) is 10.2 Å². The van der Waals surface area contributed by atoms with E-state index in [2.05, 4.69) is 14.9 Å². The molecule has 1 fully saturated rings. The van der Waals surface area contributed by atoms with E-state index in [9.17, 15) is 4.39 Å². The van der Waals surface area contributed by atoms with Gasteiger partial charge in [0.1, 0.15) is 11.3 Å². The molecule has 0 atom stereocenters. The summed E-state index contributed by atoms with van der Waals surface area (Å²) in [5.41, 5.74) is 2.51. The molecule has 124 valence electrons. The molecule has 24 heavy (non-hydrogen) atoms. The summed E-state index contributed by atoms with van der Waals surface area (Å²) in [5.74, 6) is 2.08. The first-order valence-corrected chi connectivity index (χ1v) is 8.46. The van der Waals surface area contributed by atoms with E-state index in [1.54, 1.807) is 0 Å². The van der Waals surface area contributed by atoms with E-state index in [-0.39, 0.29) is 6.67 Å². The van der Waals surface area contributed by atoms with Gasteiger partial charge in [-0.15, -0.1) is 0 Å². The van der Waals surface area contributed by atoms with Gasteiger partial charge < -0.3 is 9.32 Å². The van der Waals surface area contributed by atoms with Gasteiger partial charge >= 0.3 is 0 Å². The number of anilines is 1. The minimum absolute atomic E-state index is 0.206. The summed E-state index contributed by atoms with van der Waals surface area (Å²) >= 11 is 0. The Morgan fingerprint density at radius 3 is 2.67 bits per heavy atom. The smallest absolute Gasteiger partial charge is 0.228 e. The summed E-state index contributed by atoms with van der Waals surface area (Å²) in [6.45, 7) is 1.68. The highest BCUT2D eigenvalue weighted by atomic mass is 19.1. The summed E-state index contributed by atoms with van der Waals surface area (Å²) < 4.78 is 18.2. The van der Waals surface area contributed by atoms with Crippen LogP contribution >= 0.6 is 0 Å². The molecule has 1 aromatic carbocycles. The van der Waals surface area contributed by atoms with Crippen molar-refractivity contribution in [3.8, 4) is 11.5 Å². The van der Waals surface area contributed by atoms with Crippen molar-refractivity contribution in [2.24, 2.45) is 5.92 Å². The first-order valence-electron chi connectivity index (χ1n) is 8.46. The molecule has 2 aromatic heterocycles. The predicted octanol–water partition coefficient (Wildman–Crippen LogP) is 4.47. The molecular weight excluding hydrogens is 305 g/mol. The van der Waals surface area contributed by atoms with E-state index in [4.69, 9.17) is 4.42 Å². The Bertz CT molecular complexity index is 774. The molecule has 0 N–H and O–H groups in total. The zero-order valence-corrected chi connectivity index (χ0v) is 13.5. The number of hydrogen-bond donors (Lipinski definition) is 0. The molecular formula is C19H20FN3O.